The smallest absolute Gasteiger partial charge is 0.298 e. The van der Waals surface area contributed by atoms with Crippen molar-refractivity contribution in [3.8, 4) is 0 Å². The van der Waals surface area contributed by atoms with Gasteiger partial charge in [-0.05, 0) is 18.1 Å². The fourth-order valence-electron chi connectivity index (χ4n) is 3.03. The molecule has 0 bridgehead atoms. The fraction of sp³-hybridized carbons (Fsp3) is 0.588. The Hall–Kier alpha value is -1.55. The van der Waals surface area contributed by atoms with Gasteiger partial charge < -0.3 is 9.32 Å². The third-order valence-electron chi connectivity index (χ3n) is 4.60. The van der Waals surface area contributed by atoms with Gasteiger partial charge in [0.1, 0.15) is 5.52 Å². The lowest BCUT2D eigenvalue weighted by Gasteiger charge is -2.35. The van der Waals surface area contributed by atoms with Gasteiger partial charge in [-0.2, -0.15) is 4.98 Å². The number of fused-ring (bicyclic) bond motifs is 1. The quantitative estimate of drug-likeness (QED) is 0.844. The van der Waals surface area contributed by atoms with Gasteiger partial charge in [-0.15, -0.1) is 0 Å². The van der Waals surface area contributed by atoms with E-state index in [-0.39, 0.29) is 0 Å². The molecule has 1 fully saturated rings. The summed E-state index contributed by atoms with van der Waals surface area (Å²) in [6.45, 7) is 10.0. The van der Waals surface area contributed by atoms with Crippen molar-refractivity contribution in [2.24, 2.45) is 5.92 Å². The van der Waals surface area contributed by atoms with Crippen molar-refractivity contribution in [2.75, 3.05) is 37.6 Å². The summed E-state index contributed by atoms with van der Waals surface area (Å²) >= 11 is 0. The van der Waals surface area contributed by atoms with E-state index in [1.54, 1.807) is 0 Å². The first-order chi connectivity index (χ1) is 10.3. The molecule has 1 aromatic carbocycles. The minimum Gasteiger partial charge on any atom is -0.423 e. The first-order valence-electron chi connectivity index (χ1n) is 8.13. The molecule has 2 aromatic rings. The molecule has 0 amide bonds. The highest BCUT2D eigenvalue weighted by Gasteiger charge is 2.22. The molecule has 4 nitrogen and oxygen atoms in total. The lowest BCUT2D eigenvalue weighted by Crippen LogP contribution is -2.47. The lowest BCUT2D eigenvalue weighted by molar-refractivity contribution is 0.210. The molecule has 2 heterocycles. The normalized spacial score (nSPS) is 17.0. The molecule has 0 radical (unpaired) electrons. The van der Waals surface area contributed by atoms with Gasteiger partial charge in [0.05, 0.1) is 0 Å². The largest absolute Gasteiger partial charge is 0.423 e. The van der Waals surface area contributed by atoms with Gasteiger partial charge in [0.2, 0.25) is 0 Å². The van der Waals surface area contributed by atoms with Gasteiger partial charge in [0, 0.05) is 32.7 Å². The van der Waals surface area contributed by atoms with Crippen LogP contribution in [0.15, 0.2) is 28.7 Å². The number of piperazine rings is 1. The summed E-state index contributed by atoms with van der Waals surface area (Å²) in [5.74, 6) is 0.834. The zero-order valence-electron chi connectivity index (χ0n) is 13.1. The van der Waals surface area contributed by atoms with E-state index in [0.717, 1.165) is 49.2 Å². The zero-order valence-corrected chi connectivity index (χ0v) is 13.1. The van der Waals surface area contributed by atoms with Crippen LogP contribution >= 0.6 is 0 Å². The van der Waals surface area contributed by atoms with Crippen LogP contribution in [0, 0.1) is 5.92 Å². The molecule has 1 aromatic heterocycles. The molecule has 3 rings (SSSR count). The standard InChI is InChI=1S/C17H25N3O/c1-3-14(4-2)13-19-9-11-20(12-10-19)17-18-15-7-5-6-8-16(15)21-17/h5-8,14H,3-4,9-13H2,1-2H3. The average molecular weight is 287 g/mol. The van der Waals surface area contributed by atoms with Crippen molar-refractivity contribution >= 4 is 17.1 Å². The number of anilines is 1. The van der Waals surface area contributed by atoms with Gasteiger partial charge in [-0.25, -0.2) is 0 Å². The van der Waals surface area contributed by atoms with Crippen LogP contribution in [0.1, 0.15) is 26.7 Å². The molecular weight excluding hydrogens is 262 g/mol. The third-order valence-corrected chi connectivity index (χ3v) is 4.60. The van der Waals surface area contributed by atoms with Crippen LogP contribution in [0.25, 0.3) is 11.1 Å². The number of benzene rings is 1. The molecule has 4 heteroatoms. The van der Waals surface area contributed by atoms with Crippen LogP contribution in [-0.4, -0.2) is 42.6 Å². The second kappa shape index (κ2) is 6.48. The molecule has 0 aliphatic carbocycles. The Morgan fingerprint density at radius 2 is 1.81 bits per heavy atom. The highest BCUT2D eigenvalue weighted by Crippen LogP contribution is 2.23. The van der Waals surface area contributed by atoms with E-state index in [4.69, 9.17) is 4.42 Å². The van der Waals surface area contributed by atoms with Crippen molar-refractivity contribution in [3.05, 3.63) is 24.3 Å². The van der Waals surface area contributed by atoms with Crippen molar-refractivity contribution in [3.63, 3.8) is 0 Å². The number of oxazole rings is 1. The van der Waals surface area contributed by atoms with Gasteiger partial charge >= 0.3 is 0 Å². The molecule has 114 valence electrons. The van der Waals surface area contributed by atoms with Crippen molar-refractivity contribution < 1.29 is 4.42 Å². The molecule has 0 saturated carbocycles. The molecule has 1 aliphatic heterocycles. The van der Waals surface area contributed by atoms with Crippen molar-refractivity contribution in [1.82, 2.24) is 9.88 Å². The molecule has 0 atom stereocenters. The Kier molecular flexibility index (Phi) is 4.44. The minimum atomic E-state index is 0.776. The lowest BCUT2D eigenvalue weighted by atomic mass is 10.0. The van der Waals surface area contributed by atoms with Crippen LogP contribution in [0.5, 0.6) is 0 Å². The number of nitrogens with zero attached hydrogens (tertiary/aromatic N) is 3. The summed E-state index contributed by atoms with van der Waals surface area (Å²) in [5.41, 5.74) is 1.83. The Morgan fingerprint density at radius 1 is 1.10 bits per heavy atom. The van der Waals surface area contributed by atoms with E-state index in [1.807, 2.05) is 24.3 Å². The molecule has 0 spiro atoms. The van der Waals surface area contributed by atoms with Crippen LogP contribution < -0.4 is 4.90 Å². The topological polar surface area (TPSA) is 32.5 Å². The summed E-state index contributed by atoms with van der Waals surface area (Å²) in [6, 6.07) is 8.76. The van der Waals surface area contributed by atoms with E-state index in [9.17, 15) is 0 Å². The first kappa shape index (κ1) is 14.4. The minimum absolute atomic E-state index is 0.776. The number of hydrogen-bond donors (Lipinski definition) is 0. The Balaban J connectivity index is 1.60. The van der Waals surface area contributed by atoms with Gasteiger partial charge in [-0.1, -0.05) is 38.8 Å². The van der Waals surface area contributed by atoms with Crippen LogP contribution in [0.4, 0.5) is 6.01 Å². The summed E-state index contributed by atoms with van der Waals surface area (Å²) in [5, 5.41) is 0. The highest BCUT2D eigenvalue weighted by atomic mass is 16.4. The molecule has 0 N–H and O–H groups in total. The van der Waals surface area contributed by atoms with E-state index < -0.39 is 0 Å². The Labute approximate surface area is 126 Å². The van der Waals surface area contributed by atoms with E-state index in [1.165, 1.54) is 19.4 Å². The summed E-state index contributed by atoms with van der Waals surface area (Å²) in [4.78, 5) is 9.44. The zero-order chi connectivity index (χ0) is 14.7. The predicted octanol–water partition coefficient (Wildman–Crippen LogP) is 3.39. The van der Waals surface area contributed by atoms with E-state index in [0.29, 0.717) is 0 Å². The average Bonchev–Trinajstić information content (AvgIpc) is 2.97. The molecule has 1 aliphatic rings. The van der Waals surface area contributed by atoms with Crippen molar-refractivity contribution in [2.45, 2.75) is 26.7 Å². The Bertz CT molecular complexity index is 535. The maximum absolute atomic E-state index is 5.86. The number of aromatic nitrogens is 1. The molecule has 0 unspecified atom stereocenters. The summed E-state index contributed by atoms with van der Waals surface area (Å²) in [6.07, 6.45) is 2.56. The Morgan fingerprint density at radius 3 is 2.48 bits per heavy atom. The second-order valence-corrected chi connectivity index (χ2v) is 5.93. The maximum Gasteiger partial charge on any atom is 0.298 e. The second-order valence-electron chi connectivity index (χ2n) is 5.93. The maximum atomic E-state index is 5.86. The molecule has 21 heavy (non-hydrogen) atoms. The van der Waals surface area contributed by atoms with Gasteiger partial charge in [0.15, 0.2) is 5.58 Å². The number of hydrogen-bond acceptors (Lipinski definition) is 4. The van der Waals surface area contributed by atoms with Crippen LogP contribution in [0.2, 0.25) is 0 Å². The van der Waals surface area contributed by atoms with Crippen molar-refractivity contribution in [1.29, 1.82) is 0 Å². The van der Waals surface area contributed by atoms with Gasteiger partial charge in [0.25, 0.3) is 6.01 Å². The van der Waals surface area contributed by atoms with Gasteiger partial charge in [-0.3, -0.25) is 4.90 Å². The number of rotatable bonds is 5. The first-order valence-corrected chi connectivity index (χ1v) is 8.13. The SMILES string of the molecule is CCC(CC)CN1CCN(c2nc3ccccc3o2)CC1. The monoisotopic (exact) mass is 287 g/mol. The predicted molar refractivity (Wildman–Crippen MR) is 86.7 cm³/mol. The molecule has 1 saturated heterocycles. The summed E-state index contributed by atoms with van der Waals surface area (Å²) in [7, 11) is 0. The van der Waals surface area contributed by atoms with Crippen LogP contribution in [0.3, 0.4) is 0 Å². The molecular formula is C17H25N3O. The fourth-order valence-corrected chi connectivity index (χ4v) is 3.03. The highest BCUT2D eigenvalue weighted by molar-refractivity contribution is 5.74. The third kappa shape index (κ3) is 3.21. The number of para-hydroxylation sites is 2. The summed E-state index contributed by atoms with van der Waals surface area (Å²) < 4.78 is 5.86. The van der Waals surface area contributed by atoms with E-state index in [2.05, 4.69) is 28.6 Å². The van der Waals surface area contributed by atoms with E-state index >= 15 is 0 Å². The van der Waals surface area contributed by atoms with Crippen LogP contribution in [-0.2, 0) is 0 Å².